The molecule has 0 aromatic heterocycles. The van der Waals surface area contributed by atoms with Crippen LogP contribution in [-0.2, 0) is 17.6 Å². The minimum absolute atomic E-state index is 0.0255. The first-order valence-electron chi connectivity index (χ1n) is 9.25. The number of hydrogen-bond acceptors (Lipinski definition) is 2. The monoisotopic (exact) mass is 393 g/mol. The number of carbonyl (C=O) groups excluding carboxylic acids is 2. The Morgan fingerprint density at radius 1 is 0.759 bits per heavy atom. The molecule has 0 bridgehead atoms. The third-order valence-electron chi connectivity index (χ3n) is 4.57. The van der Waals surface area contributed by atoms with Crippen LogP contribution in [0, 0.1) is 25.5 Å². The van der Waals surface area contributed by atoms with Gasteiger partial charge in [0.2, 0.25) is 0 Å². The van der Waals surface area contributed by atoms with Crippen LogP contribution in [0.5, 0.6) is 0 Å². The molecule has 0 heterocycles. The zero-order valence-corrected chi connectivity index (χ0v) is 16.3. The number of rotatable bonds is 6. The number of hydrogen-bond donors (Lipinski definition) is 1. The van der Waals surface area contributed by atoms with E-state index in [9.17, 15) is 18.4 Å². The Morgan fingerprint density at radius 2 is 1.34 bits per heavy atom. The largest absolute Gasteiger partial charge is 0.319 e. The number of Topliss-reactive ketones (excluding diaryl/α,β-unsaturated/α-hetero) is 1. The predicted molar refractivity (Wildman–Crippen MR) is 109 cm³/mol. The van der Waals surface area contributed by atoms with E-state index in [4.69, 9.17) is 0 Å². The summed E-state index contributed by atoms with van der Waals surface area (Å²) < 4.78 is 28.1. The van der Waals surface area contributed by atoms with Crippen LogP contribution in [0.25, 0.3) is 0 Å². The van der Waals surface area contributed by atoms with Crippen LogP contribution in [0.1, 0.15) is 32.6 Å². The van der Waals surface area contributed by atoms with Gasteiger partial charge in [0, 0.05) is 12.8 Å². The molecule has 1 N–H and O–H groups in total. The van der Waals surface area contributed by atoms with Gasteiger partial charge in [0.25, 0.3) is 5.91 Å². The minimum Gasteiger partial charge on any atom is -0.319 e. The molecule has 29 heavy (non-hydrogen) atoms. The molecule has 0 saturated heterocycles. The lowest BCUT2D eigenvalue weighted by Crippen LogP contribution is -2.15. The maximum atomic E-state index is 14.2. The van der Waals surface area contributed by atoms with E-state index in [1.165, 1.54) is 30.3 Å². The molecule has 0 fully saturated rings. The van der Waals surface area contributed by atoms with Gasteiger partial charge in [-0.05, 0) is 49.2 Å². The van der Waals surface area contributed by atoms with Crippen molar-refractivity contribution in [2.24, 2.45) is 0 Å². The smallest absolute Gasteiger partial charge is 0.258 e. The predicted octanol–water partition coefficient (Wildman–Crippen LogP) is 5.19. The van der Waals surface area contributed by atoms with Gasteiger partial charge in [-0.3, -0.25) is 9.59 Å². The average molecular weight is 393 g/mol. The zero-order valence-electron chi connectivity index (χ0n) is 16.3. The molecule has 3 rings (SSSR count). The molecule has 3 aromatic carbocycles. The molecular formula is C24H21F2NO2. The van der Waals surface area contributed by atoms with Gasteiger partial charge in [-0.2, -0.15) is 0 Å². The molecular weight excluding hydrogens is 372 g/mol. The Kier molecular flexibility index (Phi) is 6.17. The van der Waals surface area contributed by atoms with Crippen molar-refractivity contribution >= 4 is 17.4 Å². The molecule has 0 spiro atoms. The molecule has 5 heteroatoms. The van der Waals surface area contributed by atoms with Crippen molar-refractivity contribution in [3.8, 4) is 0 Å². The Morgan fingerprint density at radius 3 is 2.07 bits per heavy atom. The maximum absolute atomic E-state index is 14.2. The highest BCUT2D eigenvalue weighted by atomic mass is 19.1. The van der Waals surface area contributed by atoms with Gasteiger partial charge in [0.05, 0.1) is 11.3 Å². The molecule has 0 aliphatic rings. The Hall–Kier alpha value is -3.34. The first-order chi connectivity index (χ1) is 13.8. The topological polar surface area (TPSA) is 46.2 Å². The Balaban J connectivity index is 1.72. The highest BCUT2D eigenvalue weighted by molar-refractivity contribution is 6.04. The minimum atomic E-state index is -0.742. The summed E-state index contributed by atoms with van der Waals surface area (Å²) in [5, 5.41) is 2.40. The first kappa shape index (κ1) is 20.4. The van der Waals surface area contributed by atoms with Gasteiger partial charge in [-0.1, -0.05) is 47.5 Å². The second-order valence-electron chi connectivity index (χ2n) is 7.13. The van der Waals surface area contributed by atoms with Crippen LogP contribution >= 0.6 is 0 Å². The summed E-state index contributed by atoms with van der Waals surface area (Å²) in [6.45, 7) is 3.71. The lowest BCUT2D eigenvalue weighted by atomic mass is 10.0. The number of carbonyl (C=O) groups is 2. The highest BCUT2D eigenvalue weighted by Gasteiger charge is 2.15. The molecule has 3 aromatic rings. The number of ketones is 1. The second kappa shape index (κ2) is 8.78. The molecule has 0 saturated carbocycles. The summed E-state index contributed by atoms with van der Waals surface area (Å²) in [5.41, 5.74) is 3.06. The van der Waals surface area contributed by atoms with E-state index >= 15 is 0 Å². The summed E-state index contributed by atoms with van der Waals surface area (Å²) in [6.07, 6.45) is 0.379. The molecule has 1 amide bonds. The fraction of sp³-hybridized carbons (Fsp3) is 0.167. The van der Waals surface area contributed by atoms with Gasteiger partial charge >= 0.3 is 0 Å². The summed E-state index contributed by atoms with van der Waals surface area (Å²) >= 11 is 0. The van der Waals surface area contributed by atoms with Crippen molar-refractivity contribution in [2.75, 3.05) is 5.32 Å². The standard InChI is InChI=1S/C24H21F2NO2/c1-15-3-6-17(7-4-15)12-19(28)13-18-8-10-22(26)23(14-18)27-24(29)20-11-16(2)5-9-21(20)25/h3-11,14H,12-13H2,1-2H3,(H,27,29). The van der Waals surface area contributed by atoms with Gasteiger partial charge in [0.1, 0.15) is 17.4 Å². The summed E-state index contributed by atoms with van der Waals surface area (Å²) in [5.74, 6) is -2.10. The van der Waals surface area contributed by atoms with E-state index in [-0.39, 0.29) is 29.9 Å². The summed E-state index contributed by atoms with van der Waals surface area (Å²) in [6, 6.07) is 15.9. The number of anilines is 1. The molecule has 0 atom stereocenters. The van der Waals surface area contributed by atoms with Crippen LogP contribution in [0.2, 0.25) is 0 Å². The lowest BCUT2D eigenvalue weighted by Gasteiger charge is -2.10. The van der Waals surface area contributed by atoms with E-state index < -0.39 is 17.5 Å². The zero-order chi connectivity index (χ0) is 21.0. The highest BCUT2D eigenvalue weighted by Crippen LogP contribution is 2.20. The van der Waals surface area contributed by atoms with Crippen molar-refractivity contribution in [1.29, 1.82) is 0 Å². The molecule has 0 aliphatic heterocycles. The van der Waals surface area contributed by atoms with Gasteiger partial charge in [-0.15, -0.1) is 0 Å². The maximum Gasteiger partial charge on any atom is 0.258 e. The van der Waals surface area contributed by atoms with Crippen molar-refractivity contribution in [3.63, 3.8) is 0 Å². The number of nitrogens with one attached hydrogen (secondary N) is 1. The van der Waals surface area contributed by atoms with E-state index in [2.05, 4.69) is 5.32 Å². The molecule has 0 radical (unpaired) electrons. The fourth-order valence-corrected chi connectivity index (χ4v) is 3.00. The van der Waals surface area contributed by atoms with Gasteiger partial charge in [0.15, 0.2) is 0 Å². The fourth-order valence-electron chi connectivity index (χ4n) is 3.00. The molecule has 148 valence electrons. The van der Waals surface area contributed by atoms with Crippen LogP contribution in [0.15, 0.2) is 60.7 Å². The lowest BCUT2D eigenvalue weighted by molar-refractivity contribution is -0.117. The van der Waals surface area contributed by atoms with E-state index in [0.717, 1.165) is 11.1 Å². The normalized spacial score (nSPS) is 10.6. The second-order valence-corrected chi connectivity index (χ2v) is 7.13. The van der Waals surface area contributed by atoms with Crippen molar-refractivity contribution in [2.45, 2.75) is 26.7 Å². The van der Waals surface area contributed by atoms with E-state index in [1.807, 2.05) is 31.2 Å². The third kappa shape index (κ3) is 5.35. The Bertz CT molecular complexity index is 1060. The van der Waals surface area contributed by atoms with Crippen molar-refractivity contribution in [1.82, 2.24) is 0 Å². The van der Waals surface area contributed by atoms with Crippen LogP contribution in [0.4, 0.5) is 14.5 Å². The SMILES string of the molecule is Cc1ccc(CC(=O)Cc2ccc(F)c(NC(=O)c3cc(C)ccc3F)c2)cc1. The average Bonchev–Trinajstić information content (AvgIpc) is 2.68. The van der Waals surface area contributed by atoms with Gasteiger partial charge in [-0.25, -0.2) is 8.78 Å². The quantitative estimate of drug-likeness (QED) is 0.627. The van der Waals surface area contributed by atoms with E-state index in [0.29, 0.717) is 11.1 Å². The molecule has 3 nitrogen and oxygen atoms in total. The molecule has 0 aliphatic carbocycles. The van der Waals surface area contributed by atoms with E-state index in [1.54, 1.807) is 13.0 Å². The van der Waals surface area contributed by atoms with Gasteiger partial charge < -0.3 is 5.32 Å². The first-order valence-corrected chi connectivity index (χ1v) is 9.25. The number of amides is 1. The summed E-state index contributed by atoms with van der Waals surface area (Å²) in [4.78, 5) is 24.7. The Labute approximate surface area is 168 Å². The van der Waals surface area contributed by atoms with Crippen LogP contribution in [0.3, 0.4) is 0 Å². The number of halogens is 2. The van der Waals surface area contributed by atoms with Crippen LogP contribution in [-0.4, -0.2) is 11.7 Å². The van der Waals surface area contributed by atoms with Crippen LogP contribution < -0.4 is 5.32 Å². The third-order valence-corrected chi connectivity index (χ3v) is 4.57. The molecule has 0 unspecified atom stereocenters. The summed E-state index contributed by atoms with van der Waals surface area (Å²) in [7, 11) is 0. The number of benzene rings is 3. The number of aryl methyl sites for hydroxylation is 2. The van der Waals surface area contributed by atoms with Crippen molar-refractivity contribution in [3.05, 3.63) is 100 Å². The van der Waals surface area contributed by atoms with Crippen molar-refractivity contribution < 1.29 is 18.4 Å².